The molecule has 0 bridgehead atoms. The van der Waals surface area contributed by atoms with Gasteiger partial charge in [0.2, 0.25) is 0 Å². The maximum atomic E-state index is 12.1. The summed E-state index contributed by atoms with van der Waals surface area (Å²) in [5, 5.41) is 8.72. The fourth-order valence-corrected chi connectivity index (χ4v) is 2.58. The summed E-state index contributed by atoms with van der Waals surface area (Å²) in [6, 6.07) is 7.17. The van der Waals surface area contributed by atoms with Crippen molar-refractivity contribution in [2.24, 2.45) is 5.92 Å². The van der Waals surface area contributed by atoms with Gasteiger partial charge in [-0.15, -0.1) is 0 Å². The van der Waals surface area contributed by atoms with Crippen molar-refractivity contribution in [1.82, 2.24) is 10.6 Å². The topological polar surface area (TPSA) is 70.2 Å². The first-order valence-corrected chi connectivity index (χ1v) is 8.44. The third-order valence-electron chi connectivity index (χ3n) is 4.45. The summed E-state index contributed by atoms with van der Waals surface area (Å²) in [6.07, 6.45) is 4.52. The number of hydrogen-bond acceptors (Lipinski definition) is 2. The molecule has 2 rings (SSSR count). The van der Waals surface area contributed by atoms with Crippen LogP contribution in [0.25, 0.3) is 0 Å². The van der Waals surface area contributed by atoms with Gasteiger partial charge in [-0.05, 0) is 49.9 Å². The molecule has 0 saturated heterocycles. The van der Waals surface area contributed by atoms with E-state index in [9.17, 15) is 9.59 Å². The Morgan fingerprint density at radius 1 is 1.04 bits per heavy atom. The minimum absolute atomic E-state index is 0.0404. The summed E-state index contributed by atoms with van der Waals surface area (Å²) in [5.41, 5.74) is 1.30. The SMILES string of the molecule is CC(C)C(C)NC(=O)Nc1ccc(C(=O)NC2CCCC2)cc1. The molecule has 3 N–H and O–H groups in total. The zero-order valence-corrected chi connectivity index (χ0v) is 14.2. The van der Waals surface area contributed by atoms with E-state index in [4.69, 9.17) is 0 Å². The summed E-state index contributed by atoms with van der Waals surface area (Å²) < 4.78 is 0. The second kappa shape index (κ2) is 7.99. The lowest BCUT2D eigenvalue weighted by atomic mass is 10.1. The fourth-order valence-electron chi connectivity index (χ4n) is 2.58. The van der Waals surface area contributed by atoms with Gasteiger partial charge in [-0.3, -0.25) is 4.79 Å². The van der Waals surface area contributed by atoms with Crippen molar-refractivity contribution < 1.29 is 9.59 Å². The van der Waals surface area contributed by atoms with Crippen LogP contribution in [-0.4, -0.2) is 24.0 Å². The second-order valence-electron chi connectivity index (χ2n) is 6.66. The normalized spacial score (nSPS) is 16.2. The van der Waals surface area contributed by atoms with Crippen LogP contribution in [0.2, 0.25) is 0 Å². The molecule has 1 aliphatic rings. The van der Waals surface area contributed by atoms with Crippen molar-refractivity contribution in [2.45, 2.75) is 58.5 Å². The largest absolute Gasteiger partial charge is 0.349 e. The minimum atomic E-state index is -0.227. The first kappa shape index (κ1) is 17.3. The molecule has 0 spiro atoms. The Labute approximate surface area is 138 Å². The number of amides is 3. The number of rotatable bonds is 5. The maximum absolute atomic E-state index is 12.1. The molecule has 0 aromatic heterocycles. The lowest BCUT2D eigenvalue weighted by Crippen LogP contribution is -2.39. The average molecular weight is 317 g/mol. The molecular weight excluding hydrogens is 290 g/mol. The molecule has 0 radical (unpaired) electrons. The average Bonchev–Trinajstić information content (AvgIpc) is 3.00. The van der Waals surface area contributed by atoms with Crippen molar-refractivity contribution in [3.05, 3.63) is 29.8 Å². The number of nitrogens with one attached hydrogen (secondary N) is 3. The summed E-state index contributed by atoms with van der Waals surface area (Å²) >= 11 is 0. The van der Waals surface area contributed by atoms with Crippen molar-refractivity contribution in [3.63, 3.8) is 0 Å². The third-order valence-corrected chi connectivity index (χ3v) is 4.45. The fraction of sp³-hybridized carbons (Fsp3) is 0.556. The lowest BCUT2D eigenvalue weighted by Gasteiger charge is -2.18. The van der Waals surface area contributed by atoms with E-state index in [1.165, 1.54) is 12.8 Å². The monoisotopic (exact) mass is 317 g/mol. The molecule has 5 nitrogen and oxygen atoms in total. The van der Waals surface area contributed by atoms with Crippen molar-refractivity contribution in [3.8, 4) is 0 Å². The van der Waals surface area contributed by atoms with E-state index in [2.05, 4.69) is 29.8 Å². The highest BCUT2D eigenvalue weighted by Crippen LogP contribution is 2.18. The highest BCUT2D eigenvalue weighted by Gasteiger charge is 2.18. The number of anilines is 1. The summed E-state index contributed by atoms with van der Waals surface area (Å²) in [5.74, 6) is 0.337. The van der Waals surface area contributed by atoms with E-state index in [0.717, 1.165) is 12.8 Å². The summed E-state index contributed by atoms with van der Waals surface area (Å²) in [6.45, 7) is 6.09. The van der Waals surface area contributed by atoms with Crippen LogP contribution in [-0.2, 0) is 0 Å². The van der Waals surface area contributed by atoms with E-state index < -0.39 is 0 Å². The van der Waals surface area contributed by atoms with Crippen molar-refractivity contribution in [2.75, 3.05) is 5.32 Å². The van der Waals surface area contributed by atoms with Crippen LogP contribution >= 0.6 is 0 Å². The van der Waals surface area contributed by atoms with E-state index >= 15 is 0 Å². The van der Waals surface area contributed by atoms with Crippen LogP contribution in [0.15, 0.2) is 24.3 Å². The number of urea groups is 1. The van der Waals surface area contributed by atoms with Gasteiger partial charge >= 0.3 is 6.03 Å². The van der Waals surface area contributed by atoms with Gasteiger partial charge in [-0.2, -0.15) is 0 Å². The molecule has 0 heterocycles. The van der Waals surface area contributed by atoms with Gasteiger partial charge in [0, 0.05) is 23.3 Å². The van der Waals surface area contributed by atoms with E-state index in [-0.39, 0.29) is 18.0 Å². The molecule has 23 heavy (non-hydrogen) atoms. The number of carbonyl (C=O) groups excluding carboxylic acids is 2. The van der Waals surface area contributed by atoms with Gasteiger partial charge in [0.1, 0.15) is 0 Å². The Hall–Kier alpha value is -2.04. The Morgan fingerprint density at radius 3 is 2.22 bits per heavy atom. The Bertz CT molecular complexity index is 534. The third kappa shape index (κ3) is 5.27. The zero-order chi connectivity index (χ0) is 16.8. The lowest BCUT2D eigenvalue weighted by molar-refractivity contribution is 0.0938. The molecule has 1 saturated carbocycles. The molecule has 126 valence electrons. The molecule has 1 unspecified atom stereocenters. The molecule has 1 fully saturated rings. The van der Waals surface area contributed by atoms with Gasteiger partial charge in [-0.1, -0.05) is 26.7 Å². The van der Waals surface area contributed by atoms with E-state index in [1.54, 1.807) is 24.3 Å². The zero-order valence-electron chi connectivity index (χ0n) is 14.2. The van der Waals surface area contributed by atoms with Gasteiger partial charge in [0.15, 0.2) is 0 Å². The van der Waals surface area contributed by atoms with E-state index in [0.29, 0.717) is 23.2 Å². The quantitative estimate of drug-likeness (QED) is 0.777. The molecule has 1 aromatic carbocycles. The minimum Gasteiger partial charge on any atom is -0.349 e. The van der Waals surface area contributed by atoms with Crippen LogP contribution in [0, 0.1) is 5.92 Å². The predicted molar refractivity (Wildman–Crippen MR) is 92.6 cm³/mol. The van der Waals surface area contributed by atoms with Gasteiger partial charge in [-0.25, -0.2) is 4.79 Å². The molecule has 5 heteroatoms. The number of carbonyl (C=O) groups is 2. The highest BCUT2D eigenvalue weighted by molar-refractivity contribution is 5.95. The van der Waals surface area contributed by atoms with Crippen LogP contribution in [0.5, 0.6) is 0 Å². The van der Waals surface area contributed by atoms with Crippen LogP contribution in [0.3, 0.4) is 0 Å². The number of hydrogen-bond donors (Lipinski definition) is 3. The molecule has 0 aliphatic heterocycles. The van der Waals surface area contributed by atoms with Crippen LogP contribution in [0.4, 0.5) is 10.5 Å². The Kier molecular flexibility index (Phi) is 6.02. The summed E-state index contributed by atoms with van der Waals surface area (Å²) in [4.78, 5) is 24.0. The van der Waals surface area contributed by atoms with Gasteiger partial charge in [0.25, 0.3) is 5.91 Å². The Balaban J connectivity index is 1.86. The predicted octanol–water partition coefficient (Wildman–Crippen LogP) is 3.53. The Morgan fingerprint density at radius 2 is 1.65 bits per heavy atom. The van der Waals surface area contributed by atoms with E-state index in [1.807, 2.05) is 6.92 Å². The smallest absolute Gasteiger partial charge is 0.319 e. The maximum Gasteiger partial charge on any atom is 0.319 e. The van der Waals surface area contributed by atoms with Gasteiger partial charge < -0.3 is 16.0 Å². The summed E-state index contributed by atoms with van der Waals surface area (Å²) in [7, 11) is 0. The molecular formula is C18H27N3O2. The molecule has 1 atom stereocenters. The molecule has 1 aliphatic carbocycles. The molecule has 3 amide bonds. The first-order valence-electron chi connectivity index (χ1n) is 8.44. The van der Waals surface area contributed by atoms with Crippen molar-refractivity contribution >= 4 is 17.6 Å². The first-order chi connectivity index (χ1) is 11.0. The van der Waals surface area contributed by atoms with Crippen molar-refractivity contribution in [1.29, 1.82) is 0 Å². The standard InChI is InChI=1S/C18H27N3O2/c1-12(2)13(3)19-18(23)21-16-10-8-14(9-11-16)17(22)20-15-6-4-5-7-15/h8-13,15H,4-7H2,1-3H3,(H,20,22)(H2,19,21,23). The van der Waals surface area contributed by atoms with Gasteiger partial charge in [0.05, 0.1) is 0 Å². The van der Waals surface area contributed by atoms with Crippen LogP contribution < -0.4 is 16.0 Å². The number of benzene rings is 1. The highest BCUT2D eigenvalue weighted by atomic mass is 16.2. The van der Waals surface area contributed by atoms with Crippen LogP contribution in [0.1, 0.15) is 56.8 Å². The second-order valence-corrected chi connectivity index (χ2v) is 6.66. The molecule has 1 aromatic rings.